The Balaban J connectivity index is 1.58. The van der Waals surface area contributed by atoms with Crippen molar-refractivity contribution in [2.75, 3.05) is 44.7 Å². The lowest BCUT2D eigenvalue weighted by atomic mass is 9.69. The molecule has 8 rings (SSSR count). The molecule has 7 heteroatoms. The van der Waals surface area contributed by atoms with Gasteiger partial charge in [0.1, 0.15) is 25.6 Å². The second-order valence-corrected chi connectivity index (χ2v) is 12.4. The summed E-state index contributed by atoms with van der Waals surface area (Å²) in [6.45, 7) is 8.76. The highest BCUT2D eigenvalue weighted by Crippen LogP contribution is 2.58. The minimum absolute atomic E-state index is 0.00733. The van der Waals surface area contributed by atoms with E-state index in [2.05, 4.69) is 43.5 Å². The molecule has 1 heterocycles. The number of aromatic hydroxyl groups is 1. The average molecular weight is 613 g/mol. The monoisotopic (exact) mass is 612 g/mol. The molecule has 1 aliphatic heterocycles. The second-order valence-electron chi connectivity index (χ2n) is 12.4. The summed E-state index contributed by atoms with van der Waals surface area (Å²) in [5.41, 5.74) is 9.36. The Hall–Kier alpha value is -6.31. The van der Waals surface area contributed by atoms with E-state index < -0.39 is 0 Å². The van der Waals surface area contributed by atoms with Crippen molar-refractivity contribution in [2.45, 2.75) is 0 Å². The maximum absolute atomic E-state index is 12.4. The molecule has 0 aromatic heterocycles. The van der Waals surface area contributed by atoms with E-state index in [-0.39, 0.29) is 17.2 Å². The van der Waals surface area contributed by atoms with Crippen molar-refractivity contribution in [3.63, 3.8) is 0 Å². The highest BCUT2D eigenvalue weighted by molar-refractivity contribution is 6.27. The Morgan fingerprint density at radius 3 is 2.00 bits per heavy atom. The van der Waals surface area contributed by atoms with Crippen LogP contribution in [-0.4, -0.2) is 55.4 Å². The Labute approximate surface area is 272 Å². The number of fused-ring (bicyclic) bond motifs is 4. The number of hydrogen-bond donors (Lipinski definition) is 2. The number of aliphatic hydroxyl groups excluding tert-OH is 1. The molecule has 5 aromatic carbocycles. The Bertz CT molecular complexity index is 2410. The van der Waals surface area contributed by atoms with Crippen LogP contribution in [0.1, 0.15) is 27.8 Å². The van der Waals surface area contributed by atoms with Crippen LogP contribution in [0.5, 0.6) is 5.75 Å². The molecule has 2 N–H and O–H groups in total. The molecular weight excluding hydrogens is 582 g/mol. The van der Waals surface area contributed by atoms with Crippen molar-refractivity contribution in [3.05, 3.63) is 147 Å². The number of allylic oxidation sites excluding steroid dienone is 3. The predicted molar refractivity (Wildman–Crippen MR) is 188 cm³/mol. The third kappa shape index (κ3) is 3.69. The number of aliphatic hydroxyl groups is 1. The molecule has 0 saturated carbocycles. The normalized spacial score (nSPS) is 16.1. The first-order valence-electron chi connectivity index (χ1n) is 15.4. The van der Waals surface area contributed by atoms with E-state index in [1.54, 1.807) is 6.07 Å². The molecule has 5 aromatic rings. The summed E-state index contributed by atoms with van der Waals surface area (Å²) in [5.74, 6) is 0.0566. The first-order chi connectivity index (χ1) is 22.8. The zero-order chi connectivity index (χ0) is 32.7. The Morgan fingerprint density at radius 2 is 1.38 bits per heavy atom. The minimum atomic E-state index is -0.115. The summed E-state index contributed by atoms with van der Waals surface area (Å²) in [5, 5.41) is 37.5. The van der Waals surface area contributed by atoms with Gasteiger partial charge in [0.2, 0.25) is 5.71 Å². The van der Waals surface area contributed by atoms with Gasteiger partial charge < -0.3 is 20.0 Å². The topological polar surface area (TPSA) is 78.1 Å². The van der Waals surface area contributed by atoms with Gasteiger partial charge in [0.15, 0.2) is 0 Å². The number of phenolic OH excluding ortho intramolecular Hbond substituents is 1. The summed E-state index contributed by atoms with van der Waals surface area (Å²) in [7, 11) is 8.10. The SMILES string of the molecule is [C-]#[N+]/C(C#N)=C1\C(=C2c3ccccc3C(=[N+](C)C)c3ccccc32)C(O)=C1c1c2cccc3c2c(c2cccc(O)c12)N(C)CN3C. The maximum Gasteiger partial charge on any atom is 0.270 e. The van der Waals surface area contributed by atoms with Gasteiger partial charge in [-0.2, -0.15) is 0 Å². The number of anilines is 2. The van der Waals surface area contributed by atoms with Gasteiger partial charge >= 0.3 is 0 Å². The largest absolute Gasteiger partial charge is 0.507 e. The lowest BCUT2D eigenvalue weighted by Gasteiger charge is -2.38. The van der Waals surface area contributed by atoms with Gasteiger partial charge in [-0.05, 0) is 40.8 Å². The third-order valence-electron chi connectivity index (χ3n) is 9.59. The molecule has 226 valence electrons. The number of nitriles is 1. The molecule has 0 bridgehead atoms. The van der Waals surface area contributed by atoms with Crippen LogP contribution in [0.3, 0.4) is 0 Å². The van der Waals surface area contributed by atoms with Crippen LogP contribution in [0.4, 0.5) is 11.4 Å². The zero-order valence-corrected chi connectivity index (χ0v) is 26.4. The maximum atomic E-state index is 12.4. The summed E-state index contributed by atoms with van der Waals surface area (Å²) in [6.07, 6.45) is 0. The number of nitrogens with zero attached hydrogens (tertiary/aromatic N) is 5. The molecule has 0 amide bonds. The van der Waals surface area contributed by atoms with Crippen LogP contribution >= 0.6 is 0 Å². The van der Waals surface area contributed by atoms with Crippen LogP contribution in [-0.2, 0) is 0 Å². The lowest BCUT2D eigenvalue weighted by Crippen LogP contribution is -2.36. The number of benzene rings is 5. The molecule has 47 heavy (non-hydrogen) atoms. The molecule has 0 unspecified atom stereocenters. The van der Waals surface area contributed by atoms with E-state index >= 15 is 0 Å². The molecule has 3 aliphatic rings. The van der Waals surface area contributed by atoms with Gasteiger partial charge in [0.25, 0.3) is 5.70 Å². The van der Waals surface area contributed by atoms with E-state index in [0.717, 1.165) is 61.1 Å². The Morgan fingerprint density at radius 1 is 0.766 bits per heavy atom. The zero-order valence-electron chi connectivity index (χ0n) is 26.4. The van der Waals surface area contributed by atoms with Gasteiger partial charge in [-0.15, -0.1) is 0 Å². The highest BCUT2D eigenvalue weighted by atomic mass is 16.3. The first kappa shape index (κ1) is 28.2. The van der Waals surface area contributed by atoms with Gasteiger partial charge in [-0.1, -0.05) is 60.7 Å². The highest BCUT2D eigenvalue weighted by Gasteiger charge is 2.42. The molecule has 0 spiro atoms. The molecule has 0 saturated heterocycles. The molecule has 7 nitrogen and oxygen atoms in total. The van der Waals surface area contributed by atoms with Crippen molar-refractivity contribution in [1.82, 2.24) is 0 Å². The summed E-state index contributed by atoms with van der Waals surface area (Å²) < 4.78 is 2.09. The minimum Gasteiger partial charge on any atom is -0.507 e. The average Bonchev–Trinajstić information content (AvgIpc) is 3.07. The first-order valence-corrected chi connectivity index (χ1v) is 15.4. The summed E-state index contributed by atoms with van der Waals surface area (Å²) in [4.78, 5) is 8.03. The van der Waals surface area contributed by atoms with E-state index in [9.17, 15) is 15.5 Å². The quantitative estimate of drug-likeness (QED) is 0.0873. The smallest absolute Gasteiger partial charge is 0.270 e. The molecule has 0 fully saturated rings. The number of hydrogen-bond acceptors (Lipinski definition) is 5. The van der Waals surface area contributed by atoms with Crippen molar-refractivity contribution in [1.29, 1.82) is 5.26 Å². The number of rotatable bonds is 1. The van der Waals surface area contributed by atoms with Crippen LogP contribution in [0.25, 0.3) is 37.5 Å². The van der Waals surface area contributed by atoms with E-state index in [4.69, 9.17) is 6.57 Å². The van der Waals surface area contributed by atoms with Gasteiger partial charge in [0, 0.05) is 63.8 Å². The van der Waals surface area contributed by atoms with Crippen molar-refractivity contribution in [2.24, 2.45) is 0 Å². The number of phenols is 1. The molecule has 2 aliphatic carbocycles. The van der Waals surface area contributed by atoms with E-state index in [0.29, 0.717) is 34.3 Å². The van der Waals surface area contributed by atoms with Crippen LogP contribution in [0.15, 0.2) is 108 Å². The van der Waals surface area contributed by atoms with Crippen LogP contribution in [0.2, 0.25) is 0 Å². The fourth-order valence-corrected chi connectivity index (χ4v) is 7.85. The van der Waals surface area contributed by atoms with Crippen molar-refractivity contribution >= 4 is 49.8 Å². The standard InChI is InChI=1S/C40H29N5O2/c1-42-28(20-41)35-36(31-22-12-6-8-14-24(22)38(43(2)3)25-15-9-7-13-23(25)31)40(47)37(35)34-26-16-10-18-29-32(26)39(45(5)21-44(29)4)27-17-11-19-30(46)33(27)34/h6-19H,21H2,2-5H3,(H-,46,47)/p+1/b35-28+. The van der Waals surface area contributed by atoms with Crippen LogP contribution in [0, 0.1) is 17.9 Å². The van der Waals surface area contributed by atoms with Gasteiger partial charge in [-0.3, -0.25) is 0 Å². The Kier molecular flexibility index (Phi) is 6.06. The summed E-state index contributed by atoms with van der Waals surface area (Å²) >= 11 is 0. The third-order valence-corrected chi connectivity index (χ3v) is 9.59. The van der Waals surface area contributed by atoms with Crippen molar-refractivity contribution < 1.29 is 14.8 Å². The molecule has 0 atom stereocenters. The molecule has 0 radical (unpaired) electrons. The predicted octanol–water partition coefficient (Wildman–Crippen LogP) is 7.45. The summed E-state index contributed by atoms with van der Waals surface area (Å²) in [6, 6.07) is 29.8. The fraction of sp³-hybridized carbons (Fsp3) is 0.125. The lowest BCUT2D eigenvalue weighted by molar-refractivity contribution is -0.463. The van der Waals surface area contributed by atoms with Crippen LogP contribution < -0.4 is 9.80 Å². The fourth-order valence-electron chi connectivity index (χ4n) is 7.85. The molecular formula is C40H30N5O2+. The van der Waals surface area contributed by atoms with Crippen molar-refractivity contribution in [3.8, 4) is 11.8 Å². The van der Waals surface area contributed by atoms with E-state index in [1.807, 2.05) is 88.9 Å². The van der Waals surface area contributed by atoms with Gasteiger partial charge in [0.05, 0.1) is 36.1 Å². The second kappa shape index (κ2) is 10.1. The van der Waals surface area contributed by atoms with Gasteiger partial charge in [-0.25, -0.2) is 14.7 Å². The van der Waals surface area contributed by atoms with E-state index in [1.165, 1.54) is 0 Å².